The number of carbonyl (C=O) groups is 1. The number of rotatable bonds is 41. The molecule has 0 aromatic rings. The van der Waals surface area contributed by atoms with Crippen LogP contribution in [0.25, 0.3) is 0 Å². The zero-order valence-electron chi connectivity index (χ0n) is 32.8. The lowest BCUT2D eigenvalue weighted by molar-refractivity contribution is -0.154. The van der Waals surface area contributed by atoms with Crippen molar-refractivity contribution in [3.05, 3.63) is 12.2 Å². The molecule has 48 heavy (non-hydrogen) atoms. The molecule has 1 unspecified atom stereocenters. The first kappa shape index (κ1) is 47.1. The summed E-state index contributed by atoms with van der Waals surface area (Å²) >= 11 is 0. The van der Waals surface area contributed by atoms with Crippen molar-refractivity contribution in [2.24, 2.45) is 0 Å². The van der Waals surface area contributed by atoms with E-state index in [1.807, 2.05) is 0 Å². The Morgan fingerprint density at radius 2 is 0.812 bits per heavy atom. The molecular formula is C44H86O4. The first-order chi connectivity index (χ1) is 23.7. The van der Waals surface area contributed by atoms with Gasteiger partial charge in [0.2, 0.25) is 0 Å². The molecule has 0 saturated heterocycles. The van der Waals surface area contributed by atoms with Crippen LogP contribution < -0.4 is 0 Å². The predicted molar refractivity (Wildman–Crippen MR) is 210 cm³/mol. The van der Waals surface area contributed by atoms with Gasteiger partial charge in [-0.05, 0) is 38.5 Å². The molecule has 4 nitrogen and oxygen atoms in total. The first-order valence-electron chi connectivity index (χ1n) is 21.8. The summed E-state index contributed by atoms with van der Waals surface area (Å²) in [5, 5.41) is 9.58. The Balaban J connectivity index is 3.34. The third kappa shape index (κ3) is 39.6. The molecule has 4 heteroatoms. The summed E-state index contributed by atoms with van der Waals surface area (Å²) in [6.45, 7) is 5.36. The molecule has 0 bridgehead atoms. The fourth-order valence-electron chi connectivity index (χ4n) is 6.56. The summed E-state index contributed by atoms with van der Waals surface area (Å²) in [5.74, 6) is -0.205. The van der Waals surface area contributed by atoms with Crippen molar-refractivity contribution in [3.63, 3.8) is 0 Å². The van der Waals surface area contributed by atoms with E-state index in [0.29, 0.717) is 19.6 Å². The maximum Gasteiger partial charge on any atom is 0.306 e. The summed E-state index contributed by atoms with van der Waals surface area (Å²) in [6, 6.07) is 0. The Bertz CT molecular complexity index is 633. The van der Waals surface area contributed by atoms with Gasteiger partial charge in [-0.2, -0.15) is 0 Å². The highest BCUT2D eigenvalue weighted by Gasteiger charge is 2.13. The van der Waals surface area contributed by atoms with Gasteiger partial charge in [0, 0.05) is 13.0 Å². The number of esters is 1. The number of unbranched alkanes of at least 4 members (excludes halogenated alkanes) is 31. The van der Waals surface area contributed by atoms with Gasteiger partial charge in [-0.25, -0.2) is 0 Å². The molecule has 0 spiro atoms. The van der Waals surface area contributed by atoms with Gasteiger partial charge in [0.25, 0.3) is 0 Å². The fourth-order valence-corrected chi connectivity index (χ4v) is 6.56. The summed E-state index contributed by atoms with van der Waals surface area (Å²) in [6.07, 6.45) is 49.9. The molecule has 0 aliphatic carbocycles. The summed E-state index contributed by atoms with van der Waals surface area (Å²) in [7, 11) is 0. The molecule has 0 aliphatic heterocycles. The van der Waals surface area contributed by atoms with Crippen LogP contribution in [0.4, 0.5) is 0 Å². The van der Waals surface area contributed by atoms with Gasteiger partial charge in [-0.15, -0.1) is 0 Å². The molecule has 0 amide bonds. The normalized spacial score (nSPS) is 12.3. The summed E-state index contributed by atoms with van der Waals surface area (Å²) < 4.78 is 11.2. The lowest BCUT2D eigenvalue weighted by atomic mass is 10.0. The van der Waals surface area contributed by atoms with Crippen LogP contribution in [0.2, 0.25) is 0 Å². The lowest BCUT2D eigenvalue weighted by Gasteiger charge is -2.15. The number of aliphatic hydroxyl groups excluding tert-OH is 1. The highest BCUT2D eigenvalue weighted by molar-refractivity contribution is 5.69. The maximum absolute atomic E-state index is 12.2. The van der Waals surface area contributed by atoms with E-state index in [1.165, 1.54) is 199 Å². The van der Waals surface area contributed by atoms with E-state index in [4.69, 9.17) is 9.47 Å². The minimum atomic E-state index is -0.532. The minimum Gasteiger partial charge on any atom is -0.457 e. The first-order valence-corrected chi connectivity index (χ1v) is 21.8. The van der Waals surface area contributed by atoms with E-state index in [-0.39, 0.29) is 12.6 Å². The van der Waals surface area contributed by atoms with E-state index in [9.17, 15) is 9.90 Å². The third-order valence-corrected chi connectivity index (χ3v) is 9.84. The van der Waals surface area contributed by atoms with Gasteiger partial charge in [-0.3, -0.25) is 4.79 Å². The number of hydrogen-bond donors (Lipinski definition) is 1. The topological polar surface area (TPSA) is 55.8 Å². The predicted octanol–water partition coefficient (Wildman–Crippen LogP) is 14.2. The maximum atomic E-state index is 12.2. The second-order valence-corrected chi connectivity index (χ2v) is 14.8. The van der Waals surface area contributed by atoms with Crippen LogP contribution in [0.15, 0.2) is 12.2 Å². The van der Waals surface area contributed by atoms with Crippen LogP contribution in [0.3, 0.4) is 0 Å². The molecule has 0 aromatic carbocycles. The van der Waals surface area contributed by atoms with Gasteiger partial charge in [0.15, 0.2) is 0 Å². The Hall–Kier alpha value is -0.870. The molecule has 0 saturated carbocycles. The Kier molecular flexibility index (Phi) is 41.5. The highest BCUT2D eigenvalue weighted by atomic mass is 16.6. The molecule has 286 valence electrons. The summed E-state index contributed by atoms with van der Waals surface area (Å²) in [4.78, 5) is 12.2. The largest absolute Gasteiger partial charge is 0.457 e. The van der Waals surface area contributed by atoms with E-state index in [1.54, 1.807) is 0 Å². The smallest absolute Gasteiger partial charge is 0.306 e. The van der Waals surface area contributed by atoms with Crippen LogP contribution in [0.1, 0.15) is 239 Å². The van der Waals surface area contributed by atoms with Crippen LogP contribution in [0.5, 0.6) is 0 Å². The SMILES string of the molecule is CCCCCC/C=C\CCCCCCCC(=O)OC(CO)COCCCCCCCCCCCCCCCCCCCCCCCCC. The average molecular weight is 679 g/mol. The molecule has 0 rings (SSSR count). The van der Waals surface area contributed by atoms with Crippen molar-refractivity contribution in [2.45, 2.75) is 245 Å². The van der Waals surface area contributed by atoms with Gasteiger partial charge in [0.1, 0.15) is 6.10 Å². The van der Waals surface area contributed by atoms with Crippen LogP contribution >= 0.6 is 0 Å². The van der Waals surface area contributed by atoms with Gasteiger partial charge in [0.05, 0.1) is 13.2 Å². The van der Waals surface area contributed by atoms with Gasteiger partial charge in [-0.1, -0.05) is 206 Å². The Morgan fingerprint density at radius 3 is 1.21 bits per heavy atom. The van der Waals surface area contributed by atoms with Crippen LogP contribution in [0, 0.1) is 0 Å². The van der Waals surface area contributed by atoms with E-state index in [0.717, 1.165) is 19.3 Å². The van der Waals surface area contributed by atoms with Crippen molar-refractivity contribution < 1.29 is 19.4 Å². The molecule has 1 atom stereocenters. The Morgan fingerprint density at radius 1 is 0.479 bits per heavy atom. The molecule has 0 aliphatic rings. The quantitative estimate of drug-likeness (QED) is 0.0397. The Labute approximate surface area is 301 Å². The molecule has 0 fully saturated rings. The molecular weight excluding hydrogens is 592 g/mol. The zero-order valence-corrected chi connectivity index (χ0v) is 32.8. The monoisotopic (exact) mass is 679 g/mol. The molecule has 1 N–H and O–H groups in total. The van der Waals surface area contributed by atoms with E-state index in [2.05, 4.69) is 26.0 Å². The zero-order chi connectivity index (χ0) is 34.9. The van der Waals surface area contributed by atoms with Crippen molar-refractivity contribution in [1.29, 1.82) is 0 Å². The van der Waals surface area contributed by atoms with Crippen LogP contribution in [-0.4, -0.2) is 37.0 Å². The van der Waals surface area contributed by atoms with Gasteiger partial charge < -0.3 is 14.6 Å². The number of aliphatic hydroxyl groups is 1. The molecule has 0 radical (unpaired) electrons. The number of carbonyl (C=O) groups excluding carboxylic acids is 1. The van der Waals surface area contributed by atoms with Crippen molar-refractivity contribution in [3.8, 4) is 0 Å². The molecule has 0 heterocycles. The highest BCUT2D eigenvalue weighted by Crippen LogP contribution is 2.16. The third-order valence-electron chi connectivity index (χ3n) is 9.84. The van der Waals surface area contributed by atoms with Gasteiger partial charge >= 0.3 is 5.97 Å². The number of allylic oxidation sites excluding steroid dienone is 2. The lowest BCUT2D eigenvalue weighted by Crippen LogP contribution is -2.27. The fraction of sp³-hybridized carbons (Fsp3) is 0.932. The van der Waals surface area contributed by atoms with Crippen molar-refractivity contribution in [1.82, 2.24) is 0 Å². The van der Waals surface area contributed by atoms with E-state index >= 15 is 0 Å². The number of hydrogen-bond acceptors (Lipinski definition) is 4. The molecule has 0 aromatic heterocycles. The number of ether oxygens (including phenoxy) is 2. The van der Waals surface area contributed by atoms with Crippen molar-refractivity contribution >= 4 is 5.97 Å². The second kappa shape index (κ2) is 42.3. The van der Waals surface area contributed by atoms with Crippen molar-refractivity contribution in [2.75, 3.05) is 19.8 Å². The minimum absolute atomic E-state index is 0.169. The standard InChI is InChI=1S/C44H86O4/c1-3-5-7-9-11-13-15-17-18-19-20-21-22-23-24-25-26-28-30-32-34-36-38-40-47-42-43(41-45)48-44(46)39-37-35-33-31-29-27-16-14-12-10-8-6-4-2/h14,16,43,45H,3-13,15,17-42H2,1-2H3/b16-14-. The summed E-state index contributed by atoms with van der Waals surface area (Å²) in [5.41, 5.74) is 0. The average Bonchev–Trinajstić information content (AvgIpc) is 3.09. The van der Waals surface area contributed by atoms with E-state index < -0.39 is 6.10 Å². The second-order valence-electron chi connectivity index (χ2n) is 14.8. The van der Waals surface area contributed by atoms with Crippen LogP contribution in [-0.2, 0) is 14.3 Å².